The highest BCUT2D eigenvalue weighted by molar-refractivity contribution is 9.10. The van der Waals surface area contributed by atoms with E-state index in [9.17, 15) is 9.59 Å². The predicted octanol–water partition coefficient (Wildman–Crippen LogP) is 3.83. The molecule has 1 N–H and O–H groups in total. The summed E-state index contributed by atoms with van der Waals surface area (Å²) in [5.41, 5.74) is 0.747. The number of hydrogen-bond acceptors (Lipinski definition) is 2. The van der Waals surface area contributed by atoms with Crippen molar-refractivity contribution in [2.45, 2.75) is 0 Å². The molecule has 0 atom stereocenters. The van der Waals surface area contributed by atoms with Crippen molar-refractivity contribution in [1.82, 2.24) is 0 Å². The summed E-state index contributed by atoms with van der Waals surface area (Å²) in [5.74, 6) is -1.56. The molecule has 0 aliphatic rings. The molecule has 0 aliphatic carbocycles. The third-order valence-corrected chi connectivity index (χ3v) is 4.08. The van der Waals surface area contributed by atoms with Crippen molar-refractivity contribution in [1.29, 1.82) is 0 Å². The van der Waals surface area contributed by atoms with Crippen LogP contribution in [0.1, 0.15) is 10.4 Å². The second-order valence-electron chi connectivity index (χ2n) is 4.22. The Hall–Kier alpha value is -1.85. The lowest BCUT2D eigenvalue weighted by molar-refractivity contribution is -0.135. The first-order valence-corrected chi connectivity index (χ1v) is 7.20. The van der Waals surface area contributed by atoms with Gasteiger partial charge in [0.1, 0.15) is 6.54 Å². The Balaban J connectivity index is 2.44. The molecule has 0 fully saturated rings. The van der Waals surface area contributed by atoms with Crippen molar-refractivity contribution in [3.8, 4) is 0 Å². The van der Waals surface area contributed by atoms with Crippen LogP contribution in [0, 0.1) is 0 Å². The van der Waals surface area contributed by atoms with Crippen LogP contribution < -0.4 is 4.90 Å². The van der Waals surface area contributed by atoms with E-state index in [1.54, 1.807) is 48.5 Å². The second kappa shape index (κ2) is 6.74. The van der Waals surface area contributed by atoms with Gasteiger partial charge in [0.25, 0.3) is 5.91 Å². The first-order valence-electron chi connectivity index (χ1n) is 6.03. The Morgan fingerprint density at radius 2 is 1.76 bits per heavy atom. The molecule has 0 radical (unpaired) electrons. The van der Waals surface area contributed by atoms with Crippen LogP contribution in [-0.2, 0) is 4.79 Å². The highest BCUT2D eigenvalue weighted by atomic mass is 79.9. The maximum atomic E-state index is 12.6. The van der Waals surface area contributed by atoms with Gasteiger partial charge >= 0.3 is 5.97 Å². The number of aliphatic carboxylic acids is 1. The topological polar surface area (TPSA) is 57.6 Å². The van der Waals surface area contributed by atoms with Crippen LogP contribution >= 0.6 is 27.5 Å². The Kier molecular flexibility index (Phi) is 4.98. The van der Waals surface area contributed by atoms with Crippen LogP contribution in [0.5, 0.6) is 0 Å². The van der Waals surface area contributed by atoms with Crippen molar-refractivity contribution in [3.05, 3.63) is 63.6 Å². The third-order valence-electron chi connectivity index (χ3n) is 2.79. The van der Waals surface area contributed by atoms with Gasteiger partial charge in [-0.2, -0.15) is 0 Å². The van der Waals surface area contributed by atoms with Gasteiger partial charge in [-0.3, -0.25) is 14.5 Å². The minimum absolute atomic E-state index is 0.246. The standard InChI is InChI=1S/C15H11BrClNO3/c16-12-8-4-7-11(14(12)17)15(21)18(9-13(19)20)10-5-2-1-3-6-10/h1-8H,9H2,(H,19,20). The maximum Gasteiger partial charge on any atom is 0.323 e. The van der Waals surface area contributed by atoms with Crippen LogP contribution in [0.25, 0.3) is 0 Å². The minimum atomic E-state index is -1.10. The van der Waals surface area contributed by atoms with E-state index in [-0.39, 0.29) is 10.6 Å². The van der Waals surface area contributed by atoms with E-state index >= 15 is 0 Å². The molecule has 0 heterocycles. The third kappa shape index (κ3) is 3.62. The molecule has 4 nitrogen and oxygen atoms in total. The quantitative estimate of drug-likeness (QED) is 0.892. The molecule has 2 aromatic rings. The van der Waals surface area contributed by atoms with Crippen LogP contribution in [0.2, 0.25) is 5.02 Å². The highest BCUT2D eigenvalue weighted by Gasteiger charge is 2.22. The molecule has 0 saturated carbocycles. The smallest absolute Gasteiger partial charge is 0.323 e. The van der Waals surface area contributed by atoms with E-state index in [0.717, 1.165) is 0 Å². The normalized spacial score (nSPS) is 10.2. The van der Waals surface area contributed by atoms with Crippen molar-refractivity contribution < 1.29 is 14.7 Å². The molecule has 1 amide bonds. The molecular weight excluding hydrogens is 358 g/mol. The summed E-state index contributed by atoms with van der Waals surface area (Å²) < 4.78 is 0.582. The number of amides is 1. The van der Waals surface area contributed by atoms with Gasteiger partial charge in [-0.05, 0) is 40.2 Å². The lowest BCUT2D eigenvalue weighted by Crippen LogP contribution is -2.35. The first-order chi connectivity index (χ1) is 10.0. The number of carboxylic acid groups (broad SMARTS) is 1. The summed E-state index contributed by atoms with van der Waals surface area (Å²) >= 11 is 9.37. The van der Waals surface area contributed by atoms with Gasteiger partial charge in [-0.25, -0.2) is 0 Å². The van der Waals surface area contributed by atoms with Gasteiger partial charge in [0.15, 0.2) is 0 Å². The molecule has 21 heavy (non-hydrogen) atoms. The molecule has 0 spiro atoms. The summed E-state index contributed by atoms with van der Waals surface area (Å²) in [6.45, 7) is -0.439. The largest absolute Gasteiger partial charge is 0.480 e. The Morgan fingerprint density at radius 1 is 1.10 bits per heavy atom. The molecule has 0 aliphatic heterocycles. The highest BCUT2D eigenvalue weighted by Crippen LogP contribution is 2.28. The van der Waals surface area contributed by atoms with Crippen LogP contribution in [0.3, 0.4) is 0 Å². The number of hydrogen-bond donors (Lipinski definition) is 1. The Morgan fingerprint density at radius 3 is 2.38 bits per heavy atom. The van der Waals surface area contributed by atoms with Crippen molar-refractivity contribution in [2.75, 3.05) is 11.4 Å². The average molecular weight is 369 g/mol. The molecule has 6 heteroatoms. The molecule has 0 aromatic heterocycles. The number of anilines is 1. The minimum Gasteiger partial charge on any atom is -0.480 e. The zero-order chi connectivity index (χ0) is 15.4. The fourth-order valence-corrected chi connectivity index (χ4v) is 2.41. The van der Waals surface area contributed by atoms with Crippen molar-refractivity contribution >= 4 is 45.1 Å². The van der Waals surface area contributed by atoms with E-state index in [1.807, 2.05) is 0 Å². The monoisotopic (exact) mass is 367 g/mol. The molecule has 0 unspecified atom stereocenters. The molecule has 2 aromatic carbocycles. The molecular formula is C15H11BrClNO3. The van der Waals surface area contributed by atoms with E-state index in [4.69, 9.17) is 16.7 Å². The number of para-hydroxylation sites is 1. The first kappa shape index (κ1) is 15.5. The van der Waals surface area contributed by atoms with Gasteiger partial charge in [0, 0.05) is 10.2 Å². The zero-order valence-corrected chi connectivity index (χ0v) is 13.1. The Labute approximate surface area is 135 Å². The van der Waals surface area contributed by atoms with Gasteiger partial charge in [0.2, 0.25) is 0 Å². The average Bonchev–Trinajstić information content (AvgIpc) is 2.48. The molecule has 108 valence electrons. The summed E-state index contributed by atoms with van der Waals surface area (Å²) in [4.78, 5) is 24.8. The number of halogens is 2. The van der Waals surface area contributed by atoms with Crippen LogP contribution in [0.4, 0.5) is 5.69 Å². The van der Waals surface area contributed by atoms with E-state index in [1.165, 1.54) is 4.90 Å². The molecule has 0 saturated heterocycles. The summed E-state index contributed by atoms with van der Waals surface area (Å²) in [6.07, 6.45) is 0. The van der Waals surface area contributed by atoms with Gasteiger partial charge in [0.05, 0.1) is 10.6 Å². The second-order valence-corrected chi connectivity index (χ2v) is 5.45. The van der Waals surface area contributed by atoms with Crippen molar-refractivity contribution in [3.63, 3.8) is 0 Å². The molecule has 2 rings (SSSR count). The number of carboxylic acids is 1. The fourth-order valence-electron chi connectivity index (χ4n) is 1.84. The summed E-state index contributed by atoms with van der Waals surface area (Å²) in [6, 6.07) is 13.6. The van der Waals surface area contributed by atoms with E-state index < -0.39 is 18.4 Å². The number of benzene rings is 2. The van der Waals surface area contributed by atoms with Crippen LogP contribution in [-0.4, -0.2) is 23.5 Å². The molecule has 0 bridgehead atoms. The van der Waals surface area contributed by atoms with Crippen LogP contribution in [0.15, 0.2) is 53.0 Å². The number of carbonyl (C=O) groups excluding carboxylic acids is 1. The van der Waals surface area contributed by atoms with Gasteiger partial charge in [-0.1, -0.05) is 35.9 Å². The predicted molar refractivity (Wildman–Crippen MR) is 84.9 cm³/mol. The van der Waals surface area contributed by atoms with E-state index in [0.29, 0.717) is 10.2 Å². The summed E-state index contributed by atoms with van der Waals surface area (Å²) in [5, 5.41) is 9.29. The zero-order valence-electron chi connectivity index (χ0n) is 10.8. The van der Waals surface area contributed by atoms with Gasteiger partial charge < -0.3 is 5.11 Å². The number of rotatable bonds is 4. The fraction of sp³-hybridized carbons (Fsp3) is 0.0667. The maximum absolute atomic E-state index is 12.6. The lowest BCUT2D eigenvalue weighted by Gasteiger charge is -2.21. The number of nitrogens with zero attached hydrogens (tertiary/aromatic N) is 1. The number of carbonyl (C=O) groups is 2. The van der Waals surface area contributed by atoms with E-state index in [2.05, 4.69) is 15.9 Å². The SMILES string of the molecule is O=C(O)CN(C(=O)c1cccc(Br)c1Cl)c1ccccc1. The Bertz CT molecular complexity index is 676. The van der Waals surface area contributed by atoms with Gasteiger partial charge in [-0.15, -0.1) is 0 Å². The summed E-state index contributed by atoms with van der Waals surface area (Å²) in [7, 11) is 0. The lowest BCUT2D eigenvalue weighted by atomic mass is 10.1. The van der Waals surface area contributed by atoms with Crippen molar-refractivity contribution in [2.24, 2.45) is 0 Å².